The Hall–Kier alpha value is -2.40. The normalized spacial score (nSPS) is 16.3. The van der Waals surface area contributed by atoms with Crippen LogP contribution in [0.2, 0.25) is 0 Å². The van der Waals surface area contributed by atoms with Crippen molar-refractivity contribution < 1.29 is 4.39 Å². The molecule has 126 valence electrons. The monoisotopic (exact) mass is 326 g/mol. The zero-order valence-corrected chi connectivity index (χ0v) is 14.2. The second-order valence-electron chi connectivity index (χ2n) is 6.13. The zero-order chi connectivity index (χ0) is 16.9. The fourth-order valence-corrected chi connectivity index (χ4v) is 2.76. The van der Waals surface area contributed by atoms with E-state index >= 15 is 0 Å². The summed E-state index contributed by atoms with van der Waals surface area (Å²) in [5.41, 5.74) is 6.12. The number of hydrazone groups is 1. The highest BCUT2D eigenvalue weighted by Gasteiger charge is 2.17. The summed E-state index contributed by atoms with van der Waals surface area (Å²) in [6, 6.07) is 15.1. The number of anilines is 2. The van der Waals surface area contributed by atoms with Crippen molar-refractivity contribution in [1.29, 1.82) is 0 Å². The number of hydrogen-bond donors (Lipinski definition) is 1. The SMILES string of the molecule is CC(=NNc1ccccc1)c1ccc(N2CCN(C)CC2)c(F)c1. The fraction of sp³-hybridized carbons (Fsp3) is 0.316. The van der Waals surface area contributed by atoms with Gasteiger partial charge in [0.2, 0.25) is 0 Å². The first-order chi connectivity index (χ1) is 11.6. The van der Waals surface area contributed by atoms with Crippen molar-refractivity contribution in [1.82, 2.24) is 4.90 Å². The highest BCUT2D eigenvalue weighted by molar-refractivity contribution is 5.99. The third-order valence-electron chi connectivity index (χ3n) is 4.34. The Kier molecular flexibility index (Phi) is 5.11. The van der Waals surface area contributed by atoms with E-state index in [1.165, 1.54) is 0 Å². The van der Waals surface area contributed by atoms with Crippen LogP contribution in [0, 0.1) is 5.82 Å². The van der Waals surface area contributed by atoms with Gasteiger partial charge in [-0.15, -0.1) is 0 Å². The lowest BCUT2D eigenvalue weighted by atomic mass is 10.1. The Balaban J connectivity index is 1.71. The maximum absolute atomic E-state index is 14.5. The first-order valence-electron chi connectivity index (χ1n) is 8.22. The number of para-hydroxylation sites is 1. The second kappa shape index (κ2) is 7.45. The molecule has 1 fully saturated rings. The van der Waals surface area contributed by atoms with Gasteiger partial charge in [0.1, 0.15) is 5.82 Å². The number of rotatable bonds is 4. The quantitative estimate of drug-likeness (QED) is 0.690. The lowest BCUT2D eigenvalue weighted by molar-refractivity contribution is 0.311. The predicted octanol–water partition coefficient (Wildman–Crippen LogP) is 3.41. The molecule has 1 N–H and O–H groups in total. The summed E-state index contributed by atoms with van der Waals surface area (Å²) in [4.78, 5) is 4.36. The van der Waals surface area contributed by atoms with Crippen molar-refractivity contribution >= 4 is 17.1 Å². The molecule has 0 atom stereocenters. The number of hydrogen-bond acceptors (Lipinski definition) is 4. The average Bonchev–Trinajstić information content (AvgIpc) is 2.61. The fourth-order valence-electron chi connectivity index (χ4n) is 2.76. The van der Waals surface area contributed by atoms with Crippen LogP contribution in [-0.4, -0.2) is 43.8 Å². The van der Waals surface area contributed by atoms with Gasteiger partial charge < -0.3 is 9.80 Å². The maximum Gasteiger partial charge on any atom is 0.147 e. The molecule has 5 heteroatoms. The summed E-state index contributed by atoms with van der Waals surface area (Å²) in [6.45, 7) is 5.51. The van der Waals surface area contributed by atoms with E-state index in [-0.39, 0.29) is 5.82 Å². The summed E-state index contributed by atoms with van der Waals surface area (Å²) in [5.74, 6) is -0.189. The molecule has 24 heavy (non-hydrogen) atoms. The highest BCUT2D eigenvalue weighted by atomic mass is 19.1. The molecule has 0 aromatic heterocycles. The molecule has 0 aliphatic carbocycles. The van der Waals surface area contributed by atoms with Crippen LogP contribution in [0.25, 0.3) is 0 Å². The van der Waals surface area contributed by atoms with Crippen LogP contribution in [0.15, 0.2) is 53.6 Å². The summed E-state index contributed by atoms with van der Waals surface area (Å²) < 4.78 is 14.5. The van der Waals surface area contributed by atoms with Gasteiger partial charge in [0, 0.05) is 31.7 Å². The van der Waals surface area contributed by atoms with Crippen LogP contribution in [0.3, 0.4) is 0 Å². The van der Waals surface area contributed by atoms with Gasteiger partial charge in [0.15, 0.2) is 0 Å². The number of piperazine rings is 1. The summed E-state index contributed by atoms with van der Waals surface area (Å²) in [7, 11) is 2.09. The van der Waals surface area contributed by atoms with E-state index in [1.807, 2.05) is 49.4 Å². The molecule has 0 unspecified atom stereocenters. The molecule has 0 radical (unpaired) electrons. The number of halogens is 1. The Morgan fingerprint density at radius 3 is 2.42 bits per heavy atom. The maximum atomic E-state index is 14.5. The van der Waals surface area contributed by atoms with Gasteiger partial charge in [0.25, 0.3) is 0 Å². The molecule has 0 saturated carbocycles. The predicted molar refractivity (Wildman–Crippen MR) is 98.4 cm³/mol. The van der Waals surface area contributed by atoms with E-state index in [1.54, 1.807) is 6.07 Å². The highest BCUT2D eigenvalue weighted by Crippen LogP contribution is 2.22. The van der Waals surface area contributed by atoms with Crippen molar-refractivity contribution in [3.8, 4) is 0 Å². The van der Waals surface area contributed by atoms with E-state index < -0.39 is 0 Å². The van der Waals surface area contributed by atoms with Crippen LogP contribution in [0.1, 0.15) is 12.5 Å². The molecule has 0 bridgehead atoms. The van der Waals surface area contributed by atoms with Crippen molar-refractivity contribution in [3.63, 3.8) is 0 Å². The van der Waals surface area contributed by atoms with Crippen LogP contribution < -0.4 is 10.3 Å². The number of benzene rings is 2. The molecule has 2 aromatic carbocycles. The van der Waals surface area contributed by atoms with Crippen LogP contribution >= 0.6 is 0 Å². The van der Waals surface area contributed by atoms with E-state index in [2.05, 4.69) is 27.4 Å². The minimum atomic E-state index is -0.189. The molecule has 4 nitrogen and oxygen atoms in total. The average molecular weight is 326 g/mol. The molecular formula is C19H23FN4. The Morgan fingerprint density at radius 1 is 1.04 bits per heavy atom. The second-order valence-corrected chi connectivity index (χ2v) is 6.13. The molecule has 1 aliphatic heterocycles. The molecule has 0 amide bonds. The molecule has 1 saturated heterocycles. The van der Waals surface area contributed by atoms with Gasteiger partial charge in [0.05, 0.1) is 17.1 Å². The van der Waals surface area contributed by atoms with Gasteiger partial charge in [-0.05, 0) is 38.2 Å². The van der Waals surface area contributed by atoms with Gasteiger partial charge >= 0.3 is 0 Å². The number of nitrogens with one attached hydrogen (secondary N) is 1. The van der Waals surface area contributed by atoms with Gasteiger partial charge in [-0.2, -0.15) is 5.10 Å². The minimum Gasteiger partial charge on any atom is -0.367 e. The molecule has 0 spiro atoms. The lowest BCUT2D eigenvalue weighted by Crippen LogP contribution is -2.44. The van der Waals surface area contributed by atoms with E-state index in [9.17, 15) is 4.39 Å². The molecular weight excluding hydrogens is 303 g/mol. The Morgan fingerprint density at radius 2 is 1.75 bits per heavy atom. The van der Waals surface area contributed by atoms with Gasteiger partial charge in [-0.25, -0.2) is 4.39 Å². The summed E-state index contributed by atoms with van der Waals surface area (Å²) in [6.07, 6.45) is 0. The van der Waals surface area contributed by atoms with Crippen molar-refractivity contribution in [2.24, 2.45) is 5.10 Å². The van der Waals surface area contributed by atoms with Crippen LogP contribution in [-0.2, 0) is 0 Å². The summed E-state index contributed by atoms with van der Waals surface area (Å²) >= 11 is 0. The zero-order valence-electron chi connectivity index (χ0n) is 14.2. The van der Waals surface area contributed by atoms with E-state index in [0.29, 0.717) is 5.69 Å². The van der Waals surface area contributed by atoms with Crippen molar-refractivity contribution in [2.75, 3.05) is 43.6 Å². The smallest absolute Gasteiger partial charge is 0.147 e. The number of likely N-dealkylation sites (N-methyl/N-ethyl adjacent to an activating group) is 1. The number of nitrogens with zero attached hydrogens (tertiary/aromatic N) is 3. The minimum absolute atomic E-state index is 0.189. The van der Waals surface area contributed by atoms with Crippen molar-refractivity contribution in [3.05, 3.63) is 59.9 Å². The third-order valence-corrected chi connectivity index (χ3v) is 4.34. The molecule has 3 rings (SSSR count). The third kappa shape index (κ3) is 3.92. The Labute approximate surface area is 142 Å². The lowest BCUT2D eigenvalue weighted by Gasteiger charge is -2.34. The Bertz CT molecular complexity index is 707. The topological polar surface area (TPSA) is 30.9 Å². The van der Waals surface area contributed by atoms with E-state index in [0.717, 1.165) is 43.1 Å². The van der Waals surface area contributed by atoms with Gasteiger partial charge in [-0.3, -0.25) is 5.43 Å². The van der Waals surface area contributed by atoms with Crippen LogP contribution in [0.4, 0.5) is 15.8 Å². The largest absolute Gasteiger partial charge is 0.367 e. The first kappa shape index (κ1) is 16.5. The summed E-state index contributed by atoms with van der Waals surface area (Å²) in [5, 5.41) is 4.34. The van der Waals surface area contributed by atoms with E-state index in [4.69, 9.17) is 0 Å². The first-order valence-corrected chi connectivity index (χ1v) is 8.22. The van der Waals surface area contributed by atoms with Crippen molar-refractivity contribution in [2.45, 2.75) is 6.92 Å². The molecule has 2 aromatic rings. The molecule has 1 heterocycles. The standard InChI is InChI=1S/C19H23FN4/c1-15(21-22-17-6-4-3-5-7-17)16-8-9-19(18(20)14-16)24-12-10-23(2)11-13-24/h3-9,14,22H,10-13H2,1-2H3. The van der Waals surface area contributed by atoms with Crippen LogP contribution in [0.5, 0.6) is 0 Å². The molecule has 1 aliphatic rings. The van der Waals surface area contributed by atoms with Gasteiger partial charge in [-0.1, -0.05) is 24.3 Å².